The number of allylic oxidation sites excluding steroid dienone is 1. The van der Waals surface area contributed by atoms with Crippen LogP contribution in [0.4, 0.5) is 0 Å². The summed E-state index contributed by atoms with van der Waals surface area (Å²) in [6, 6.07) is 5.74. The van der Waals surface area contributed by atoms with Crippen LogP contribution in [0.1, 0.15) is 13.3 Å². The SMILES string of the molecule is C=C(C)CCn1ccc2c(Cl)cc(Cl)cc21. The molecule has 2 rings (SSSR count). The second-order valence-electron chi connectivity index (χ2n) is 4.04. The van der Waals surface area contributed by atoms with E-state index >= 15 is 0 Å². The molecule has 0 fully saturated rings. The number of aryl methyl sites for hydroxylation is 1. The molecule has 0 amide bonds. The summed E-state index contributed by atoms with van der Waals surface area (Å²) in [6.45, 7) is 6.85. The van der Waals surface area contributed by atoms with Crippen LogP contribution in [0.5, 0.6) is 0 Å². The fraction of sp³-hybridized carbons (Fsp3) is 0.231. The Kier molecular flexibility index (Phi) is 3.27. The highest BCUT2D eigenvalue weighted by Gasteiger charge is 2.06. The Hall–Kier alpha value is -0.920. The third kappa shape index (κ3) is 2.26. The smallest absolute Gasteiger partial charge is 0.0514 e. The minimum atomic E-state index is 0.674. The molecule has 1 nitrogen and oxygen atoms in total. The fourth-order valence-electron chi connectivity index (χ4n) is 1.72. The molecule has 0 radical (unpaired) electrons. The van der Waals surface area contributed by atoms with Crippen LogP contribution in [-0.2, 0) is 6.54 Å². The molecule has 0 unspecified atom stereocenters. The number of nitrogens with zero attached hydrogens (tertiary/aromatic N) is 1. The van der Waals surface area contributed by atoms with Gasteiger partial charge in [0.25, 0.3) is 0 Å². The zero-order valence-electron chi connectivity index (χ0n) is 9.13. The summed E-state index contributed by atoms with van der Waals surface area (Å²) in [5.74, 6) is 0. The maximum atomic E-state index is 6.12. The zero-order valence-corrected chi connectivity index (χ0v) is 10.6. The van der Waals surface area contributed by atoms with Gasteiger partial charge in [-0.2, -0.15) is 0 Å². The number of hydrogen-bond donors (Lipinski definition) is 0. The van der Waals surface area contributed by atoms with Crippen LogP contribution in [0.2, 0.25) is 10.0 Å². The summed E-state index contributed by atoms with van der Waals surface area (Å²) in [4.78, 5) is 0. The van der Waals surface area contributed by atoms with Gasteiger partial charge in [0, 0.05) is 23.2 Å². The lowest BCUT2D eigenvalue weighted by Crippen LogP contribution is -1.96. The molecule has 0 aliphatic carbocycles. The Morgan fingerprint density at radius 2 is 2.12 bits per heavy atom. The summed E-state index contributed by atoms with van der Waals surface area (Å²) in [7, 11) is 0. The molecule has 0 aliphatic rings. The Labute approximate surface area is 105 Å². The monoisotopic (exact) mass is 253 g/mol. The van der Waals surface area contributed by atoms with E-state index in [2.05, 4.69) is 11.1 Å². The van der Waals surface area contributed by atoms with Gasteiger partial charge in [0.05, 0.1) is 10.5 Å². The first kappa shape index (κ1) is 11.6. The fourth-order valence-corrected chi connectivity index (χ4v) is 2.27. The third-order valence-electron chi connectivity index (χ3n) is 2.58. The molecule has 16 heavy (non-hydrogen) atoms. The van der Waals surface area contributed by atoms with E-state index in [4.69, 9.17) is 23.2 Å². The van der Waals surface area contributed by atoms with Gasteiger partial charge < -0.3 is 4.57 Å². The number of fused-ring (bicyclic) bond motifs is 1. The summed E-state index contributed by atoms with van der Waals surface area (Å²) in [6.07, 6.45) is 3.00. The Bertz CT molecular complexity index is 540. The van der Waals surface area contributed by atoms with Gasteiger partial charge in [-0.1, -0.05) is 28.8 Å². The van der Waals surface area contributed by atoms with Crippen molar-refractivity contribution in [3.8, 4) is 0 Å². The quantitative estimate of drug-likeness (QED) is 0.685. The number of benzene rings is 1. The van der Waals surface area contributed by atoms with Crippen molar-refractivity contribution in [2.75, 3.05) is 0 Å². The highest BCUT2D eigenvalue weighted by atomic mass is 35.5. The molecule has 0 atom stereocenters. The molecule has 1 aromatic heterocycles. The van der Waals surface area contributed by atoms with E-state index < -0.39 is 0 Å². The van der Waals surface area contributed by atoms with Crippen LogP contribution in [0.3, 0.4) is 0 Å². The van der Waals surface area contributed by atoms with E-state index in [1.807, 2.05) is 25.3 Å². The lowest BCUT2D eigenvalue weighted by atomic mass is 10.2. The van der Waals surface area contributed by atoms with Crippen molar-refractivity contribution in [1.29, 1.82) is 0 Å². The van der Waals surface area contributed by atoms with Gasteiger partial charge in [0.2, 0.25) is 0 Å². The second-order valence-corrected chi connectivity index (χ2v) is 4.88. The first-order chi connectivity index (χ1) is 7.58. The largest absolute Gasteiger partial charge is 0.347 e. The minimum absolute atomic E-state index is 0.674. The molecular weight excluding hydrogens is 241 g/mol. The Morgan fingerprint density at radius 1 is 1.38 bits per heavy atom. The van der Waals surface area contributed by atoms with Crippen molar-refractivity contribution in [3.63, 3.8) is 0 Å². The molecule has 84 valence electrons. The van der Waals surface area contributed by atoms with Gasteiger partial charge in [0.1, 0.15) is 0 Å². The van der Waals surface area contributed by atoms with Crippen molar-refractivity contribution in [2.45, 2.75) is 19.9 Å². The predicted molar refractivity (Wildman–Crippen MR) is 71.4 cm³/mol. The molecular formula is C13H13Cl2N. The molecule has 0 spiro atoms. The lowest BCUT2D eigenvalue weighted by Gasteiger charge is -2.06. The van der Waals surface area contributed by atoms with Crippen LogP contribution in [0.15, 0.2) is 36.5 Å². The molecule has 0 saturated carbocycles. The summed E-state index contributed by atoms with van der Waals surface area (Å²) < 4.78 is 2.15. The van der Waals surface area contributed by atoms with E-state index in [0.29, 0.717) is 10.0 Å². The summed E-state index contributed by atoms with van der Waals surface area (Å²) >= 11 is 12.1. The van der Waals surface area contributed by atoms with Gasteiger partial charge in [-0.3, -0.25) is 0 Å². The first-order valence-electron chi connectivity index (χ1n) is 5.16. The molecule has 1 aromatic carbocycles. The highest BCUT2D eigenvalue weighted by molar-refractivity contribution is 6.38. The molecule has 0 bridgehead atoms. The maximum Gasteiger partial charge on any atom is 0.0514 e. The van der Waals surface area contributed by atoms with Crippen LogP contribution in [0, 0.1) is 0 Å². The van der Waals surface area contributed by atoms with Gasteiger partial charge in [-0.15, -0.1) is 6.58 Å². The normalized spacial score (nSPS) is 10.9. The van der Waals surface area contributed by atoms with E-state index in [0.717, 1.165) is 23.9 Å². The molecule has 2 aromatic rings. The van der Waals surface area contributed by atoms with Crippen molar-refractivity contribution in [3.05, 3.63) is 46.6 Å². The van der Waals surface area contributed by atoms with Crippen molar-refractivity contribution < 1.29 is 0 Å². The van der Waals surface area contributed by atoms with Crippen molar-refractivity contribution in [1.82, 2.24) is 4.57 Å². The first-order valence-corrected chi connectivity index (χ1v) is 5.92. The van der Waals surface area contributed by atoms with Gasteiger partial charge in [-0.05, 0) is 31.5 Å². The number of rotatable bonds is 3. The van der Waals surface area contributed by atoms with E-state index in [1.54, 1.807) is 6.07 Å². The van der Waals surface area contributed by atoms with Crippen LogP contribution in [0.25, 0.3) is 10.9 Å². The average molecular weight is 254 g/mol. The topological polar surface area (TPSA) is 4.93 Å². The van der Waals surface area contributed by atoms with Crippen LogP contribution in [-0.4, -0.2) is 4.57 Å². The standard InChI is InChI=1S/C13H13Cl2N/c1-9(2)3-5-16-6-4-11-12(15)7-10(14)8-13(11)16/h4,6-8H,1,3,5H2,2H3. The second kappa shape index (κ2) is 4.52. The van der Waals surface area contributed by atoms with Crippen molar-refractivity contribution >= 4 is 34.1 Å². The van der Waals surface area contributed by atoms with Gasteiger partial charge in [-0.25, -0.2) is 0 Å². The van der Waals surface area contributed by atoms with Gasteiger partial charge >= 0.3 is 0 Å². The molecule has 0 saturated heterocycles. The van der Waals surface area contributed by atoms with E-state index in [9.17, 15) is 0 Å². The Morgan fingerprint density at radius 3 is 2.81 bits per heavy atom. The van der Waals surface area contributed by atoms with Crippen molar-refractivity contribution in [2.24, 2.45) is 0 Å². The Balaban J connectivity index is 2.43. The minimum Gasteiger partial charge on any atom is -0.347 e. The number of aromatic nitrogens is 1. The number of halogens is 2. The molecule has 1 heterocycles. The zero-order chi connectivity index (χ0) is 11.7. The van der Waals surface area contributed by atoms with E-state index in [-0.39, 0.29) is 0 Å². The van der Waals surface area contributed by atoms with Gasteiger partial charge in [0.15, 0.2) is 0 Å². The predicted octanol–water partition coefficient (Wildman–Crippen LogP) is 4.91. The average Bonchev–Trinajstić information content (AvgIpc) is 2.58. The van der Waals surface area contributed by atoms with E-state index in [1.165, 1.54) is 5.57 Å². The molecule has 0 aliphatic heterocycles. The molecule has 0 N–H and O–H groups in total. The molecule has 3 heteroatoms. The summed E-state index contributed by atoms with van der Waals surface area (Å²) in [5.41, 5.74) is 2.26. The maximum absolute atomic E-state index is 6.12. The van der Waals surface area contributed by atoms with Crippen LogP contribution >= 0.6 is 23.2 Å². The lowest BCUT2D eigenvalue weighted by molar-refractivity contribution is 0.719. The van der Waals surface area contributed by atoms with Crippen LogP contribution < -0.4 is 0 Å². The third-order valence-corrected chi connectivity index (χ3v) is 3.11. The highest BCUT2D eigenvalue weighted by Crippen LogP contribution is 2.28. The number of hydrogen-bond acceptors (Lipinski definition) is 0. The summed E-state index contributed by atoms with van der Waals surface area (Å²) in [5, 5.41) is 2.43.